The van der Waals surface area contributed by atoms with Crippen molar-refractivity contribution in [2.24, 2.45) is 7.05 Å². The van der Waals surface area contributed by atoms with Gasteiger partial charge in [0.2, 0.25) is 0 Å². The summed E-state index contributed by atoms with van der Waals surface area (Å²) in [6.45, 7) is 3.40. The van der Waals surface area contributed by atoms with E-state index in [9.17, 15) is 0 Å². The summed E-state index contributed by atoms with van der Waals surface area (Å²) in [4.78, 5) is 2.16. The summed E-state index contributed by atoms with van der Waals surface area (Å²) >= 11 is 7.85. The molecule has 0 fully saturated rings. The van der Waals surface area contributed by atoms with Gasteiger partial charge in [-0.2, -0.15) is 0 Å². The van der Waals surface area contributed by atoms with Gasteiger partial charge in [0.1, 0.15) is 17.3 Å². The van der Waals surface area contributed by atoms with Gasteiger partial charge < -0.3 is 8.98 Å². The smallest absolute Gasteiger partial charge is 0.191 e. The van der Waals surface area contributed by atoms with Crippen molar-refractivity contribution < 1.29 is 4.42 Å². The highest BCUT2D eigenvalue weighted by atomic mass is 35.5. The molecule has 2 aromatic heterocycles. The molecule has 132 valence electrons. The fourth-order valence-electron chi connectivity index (χ4n) is 2.50. The number of thioether (sulfide) groups is 1. The molecule has 0 amide bonds. The highest BCUT2D eigenvalue weighted by Crippen LogP contribution is 2.25. The van der Waals surface area contributed by atoms with Crippen LogP contribution in [0.2, 0.25) is 5.02 Å². The van der Waals surface area contributed by atoms with Gasteiger partial charge in [0.05, 0.1) is 13.1 Å². The van der Waals surface area contributed by atoms with Crippen LogP contribution in [0.15, 0.2) is 46.0 Å². The lowest BCUT2D eigenvalue weighted by Crippen LogP contribution is -2.19. The molecule has 0 aliphatic rings. The van der Waals surface area contributed by atoms with Gasteiger partial charge in [0.25, 0.3) is 0 Å². The Morgan fingerprint density at radius 2 is 1.96 bits per heavy atom. The summed E-state index contributed by atoms with van der Waals surface area (Å²) in [5.41, 5.74) is 1.10. The molecule has 0 saturated carbocycles. The van der Waals surface area contributed by atoms with Crippen molar-refractivity contribution in [3.05, 3.63) is 64.3 Å². The largest absolute Gasteiger partial charge is 0.465 e. The molecule has 0 unspecified atom stereocenters. The Morgan fingerprint density at radius 1 is 1.16 bits per heavy atom. The second kappa shape index (κ2) is 8.08. The first-order chi connectivity index (χ1) is 12.0. The molecule has 0 bridgehead atoms. The van der Waals surface area contributed by atoms with Crippen LogP contribution in [0.4, 0.5) is 0 Å². The van der Waals surface area contributed by atoms with E-state index in [-0.39, 0.29) is 0 Å². The molecule has 1 aromatic carbocycles. The van der Waals surface area contributed by atoms with Crippen molar-refractivity contribution in [1.82, 2.24) is 19.7 Å². The van der Waals surface area contributed by atoms with Gasteiger partial charge in [0.15, 0.2) is 5.16 Å². The van der Waals surface area contributed by atoms with Gasteiger partial charge in [-0.15, -0.1) is 10.2 Å². The molecule has 0 aliphatic carbocycles. The zero-order valence-corrected chi connectivity index (χ0v) is 16.1. The maximum Gasteiger partial charge on any atom is 0.191 e. The number of furan rings is 1. The van der Waals surface area contributed by atoms with E-state index >= 15 is 0 Å². The number of aromatic nitrogens is 3. The van der Waals surface area contributed by atoms with E-state index in [2.05, 4.69) is 15.1 Å². The second-order valence-corrected chi connectivity index (χ2v) is 7.37. The quantitative estimate of drug-likeness (QED) is 0.575. The van der Waals surface area contributed by atoms with Crippen molar-refractivity contribution in [2.45, 2.75) is 30.9 Å². The summed E-state index contributed by atoms with van der Waals surface area (Å²) < 4.78 is 7.66. The summed E-state index contributed by atoms with van der Waals surface area (Å²) in [5, 5.41) is 10.3. The Labute approximate surface area is 157 Å². The standard InChI is InChI=1S/C18H21ClN4OS/c1-13-8-9-15(24-13)10-22(2)11-17-20-21-18(23(17)3)25-12-14-6-4-5-7-16(14)19/h4-9H,10-12H2,1-3H3. The van der Waals surface area contributed by atoms with Crippen LogP contribution in [0.1, 0.15) is 22.9 Å². The van der Waals surface area contributed by atoms with Gasteiger partial charge in [-0.3, -0.25) is 4.90 Å². The predicted molar refractivity (Wildman–Crippen MR) is 101 cm³/mol. The van der Waals surface area contributed by atoms with E-state index in [4.69, 9.17) is 16.0 Å². The lowest BCUT2D eigenvalue weighted by molar-refractivity contribution is 0.275. The molecular formula is C18H21ClN4OS. The molecule has 0 saturated heterocycles. The first-order valence-electron chi connectivity index (χ1n) is 8.01. The minimum Gasteiger partial charge on any atom is -0.465 e. The van der Waals surface area contributed by atoms with Crippen LogP contribution >= 0.6 is 23.4 Å². The van der Waals surface area contributed by atoms with E-state index in [1.807, 2.05) is 62.0 Å². The Morgan fingerprint density at radius 3 is 2.68 bits per heavy atom. The third kappa shape index (κ3) is 4.66. The molecule has 25 heavy (non-hydrogen) atoms. The lowest BCUT2D eigenvalue weighted by atomic mass is 10.2. The number of hydrogen-bond acceptors (Lipinski definition) is 5. The average molecular weight is 377 g/mol. The molecular weight excluding hydrogens is 356 g/mol. The van der Waals surface area contributed by atoms with E-state index in [0.717, 1.165) is 45.4 Å². The minimum atomic E-state index is 0.704. The topological polar surface area (TPSA) is 47.1 Å². The first-order valence-corrected chi connectivity index (χ1v) is 9.37. The second-order valence-electron chi connectivity index (χ2n) is 6.02. The number of rotatable bonds is 7. The van der Waals surface area contributed by atoms with Crippen molar-refractivity contribution >= 4 is 23.4 Å². The molecule has 7 heteroatoms. The molecule has 0 radical (unpaired) electrons. The molecule has 0 spiro atoms. The Hall–Kier alpha value is -1.76. The van der Waals surface area contributed by atoms with Gasteiger partial charge in [0, 0.05) is 17.8 Å². The molecule has 0 N–H and O–H groups in total. The van der Waals surface area contributed by atoms with Crippen molar-refractivity contribution in [3.8, 4) is 0 Å². The fraction of sp³-hybridized carbons (Fsp3) is 0.333. The van der Waals surface area contributed by atoms with Gasteiger partial charge in [-0.25, -0.2) is 0 Å². The van der Waals surface area contributed by atoms with E-state index in [1.54, 1.807) is 11.8 Å². The normalized spacial score (nSPS) is 11.4. The van der Waals surface area contributed by atoms with Crippen LogP contribution < -0.4 is 0 Å². The third-order valence-electron chi connectivity index (χ3n) is 3.87. The zero-order valence-electron chi connectivity index (χ0n) is 14.6. The number of benzene rings is 1. The van der Waals surface area contributed by atoms with Crippen LogP contribution in [-0.2, 0) is 25.9 Å². The SMILES string of the molecule is Cc1ccc(CN(C)Cc2nnc(SCc3ccccc3Cl)n2C)o1. The molecule has 2 heterocycles. The molecule has 3 aromatic rings. The van der Waals surface area contributed by atoms with Gasteiger partial charge in [-0.1, -0.05) is 41.6 Å². The van der Waals surface area contributed by atoms with Crippen LogP contribution in [0, 0.1) is 6.92 Å². The number of halogens is 1. The zero-order chi connectivity index (χ0) is 17.8. The molecule has 3 rings (SSSR count). The molecule has 5 nitrogen and oxygen atoms in total. The molecule has 0 atom stereocenters. The highest BCUT2D eigenvalue weighted by molar-refractivity contribution is 7.98. The predicted octanol–water partition coefficient (Wildman–Crippen LogP) is 4.29. The average Bonchev–Trinajstić information content (AvgIpc) is 3.13. The van der Waals surface area contributed by atoms with Crippen molar-refractivity contribution in [1.29, 1.82) is 0 Å². The third-order valence-corrected chi connectivity index (χ3v) is 5.31. The van der Waals surface area contributed by atoms with Crippen LogP contribution in [0.5, 0.6) is 0 Å². The molecule has 0 aliphatic heterocycles. The Bertz CT molecular complexity index is 845. The fourth-order valence-corrected chi connectivity index (χ4v) is 3.72. The monoisotopic (exact) mass is 376 g/mol. The van der Waals surface area contributed by atoms with Crippen LogP contribution in [-0.4, -0.2) is 26.7 Å². The number of nitrogens with zero attached hydrogens (tertiary/aromatic N) is 4. The number of aryl methyl sites for hydroxylation is 1. The summed E-state index contributed by atoms with van der Waals surface area (Å²) in [5.74, 6) is 3.58. The van der Waals surface area contributed by atoms with E-state index in [1.165, 1.54) is 0 Å². The van der Waals surface area contributed by atoms with Gasteiger partial charge in [-0.05, 0) is 37.7 Å². The lowest BCUT2D eigenvalue weighted by Gasteiger charge is -2.14. The van der Waals surface area contributed by atoms with Crippen molar-refractivity contribution in [2.75, 3.05) is 7.05 Å². The Balaban J connectivity index is 1.59. The van der Waals surface area contributed by atoms with Crippen molar-refractivity contribution in [3.63, 3.8) is 0 Å². The van der Waals surface area contributed by atoms with Crippen LogP contribution in [0.3, 0.4) is 0 Å². The van der Waals surface area contributed by atoms with E-state index < -0.39 is 0 Å². The summed E-state index contributed by atoms with van der Waals surface area (Å²) in [7, 11) is 4.04. The summed E-state index contributed by atoms with van der Waals surface area (Å²) in [6.07, 6.45) is 0. The first kappa shape index (κ1) is 18.0. The summed E-state index contributed by atoms with van der Waals surface area (Å²) in [6, 6.07) is 11.9. The maximum atomic E-state index is 6.21. The van der Waals surface area contributed by atoms with Gasteiger partial charge >= 0.3 is 0 Å². The number of hydrogen-bond donors (Lipinski definition) is 0. The minimum absolute atomic E-state index is 0.704. The maximum absolute atomic E-state index is 6.21. The highest BCUT2D eigenvalue weighted by Gasteiger charge is 2.13. The van der Waals surface area contributed by atoms with Crippen LogP contribution in [0.25, 0.3) is 0 Å². The Kier molecular flexibility index (Phi) is 5.83. The van der Waals surface area contributed by atoms with E-state index in [0.29, 0.717) is 6.54 Å².